The lowest BCUT2D eigenvalue weighted by Gasteiger charge is -1.92. The van der Waals surface area contributed by atoms with Gasteiger partial charge in [0.25, 0.3) is 0 Å². The molecule has 0 amide bonds. The molecule has 0 aliphatic heterocycles. The number of aldehydes is 2. The van der Waals surface area contributed by atoms with E-state index >= 15 is 0 Å². The van der Waals surface area contributed by atoms with Gasteiger partial charge in [0, 0.05) is 22.9 Å². The van der Waals surface area contributed by atoms with Gasteiger partial charge in [-0.05, 0) is 35.4 Å². The maximum atomic E-state index is 10.0. The van der Waals surface area contributed by atoms with Gasteiger partial charge in [0.1, 0.15) is 12.6 Å². The van der Waals surface area contributed by atoms with E-state index in [1.54, 1.807) is 24.3 Å². The van der Waals surface area contributed by atoms with Gasteiger partial charge in [-0.3, -0.25) is 0 Å². The SMILES string of the molecule is O=CCc1ccc(Cl)cc1.O=CCc1ccc(Cl)cc1. The van der Waals surface area contributed by atoms with Gasteiger partial charge in [-0.1, -0.05) is 47.5 Å². The molecule has 0 aliphatic carbocycles. The fourth-order valence-corrected chi connectivity index (χ4v) is 1.69. The Morgan fingerprint density at radius 2 is 0.950 bits per heavy atom. The Kier molecular flexibility index (Phi) is 7.63. The molecule has 0 fully saturated rings. The average Bonchev–Trinajstić information content (AvgIpc) is 2.45. The van der Waals surface area contributed by atoms with Crippen molar-refractivity contribution in [2.45, 2.75) is 12.8 Å². The summed E-state index contributed by atoms with van der Waals surface area (Å²) in [5.41, 5.74) is 2.00. The highest BCUT2D eigenvalue weighted by Crippen LogP contribution is 2.09. The fourth-order valence-electron chi connectivity index (χ4n) is 1.43. The minimum absolute atomic E-state index is 0.469. The van der Waals surface area contributed by atoms with Crippen LogP contribution in [0.25, 0.3) is 0 Å². The summed E-state index contributed by atoms with van der Waals surface area (Å²) in [6.45, 7) is 0. The summed E-state index contributed by atoms with van der Waals surface area (Å²) in [6.07, 6.45) is 2.70. The molecule has 104 valence electrons. The molecule has 0 heterocycles. The van der Waals surface area contributed by atoms with Gasteiger partial charge in [-0.2, -0.15) is 0 Å². The summed E-state index contributed by atoms with van der Waals surface area (Å²) < 4.78 is 0. The van der Waals surface area contributed by atoms with E-state index in [1.807, 2.05) is 24.3 Å². The minimum atomic E-state index is 0.469. The number of benzene rings is 2. The number of carbonyl (C=O) groups excluding carboxylic acids is 2. The van der Waals surface area contributed by atoms with Crippen molar-refractivity contribution in [2.75, 3.05) is 0 Å². The maximum Gasteiger partial charge on any atom is 0.124 e. The van der Waals surface area contributed by atoms with E-state index in [9.17, 15) is 9.59 Å². The van der Waals surface area contributed by atoms with Crippen LogP contribution in [0.4, 0.5) is 0 Å². The van der Waals surface area contributed by atoms with E-state index < -0.39 is 0 Å². The highest BCUT2D eigenvalue weighted by Gasteiger charge is 1.90. The number of hydrogen-bond acceptors (Lipinski definition) is 2. The van der Waals surface area contributed by atoms with Crippen LogP contribution in [-0.2, 0) is 22.4 Å². The lowest BCUT2D eigenvalue weighted by Crippen LogP contribution is -1.83. The molecule has 0 saturated heterocycles. The van der Waals surface area contributed by atoms with Crippen LogP contribution >= 0.6 is 23.2 Å². The summed E-state index contributed by atoms with van der Waals surface area (Å²) in [4.78, 5) is 20.1. The Morgan fingerprint density at radius 3 is 1.20 bits per heavy atom. The van der Waals surface area contributed by atoms with Gasteiger partial charge in [-0.25, -0.2) is 0 Å². The Bertz CT molecular complexity index is 482. The number of rotatable bonds is 4. The molecule has 20 heavy (non-hydrogen) atoms. The third kappa shape index (κ3) is 6.50. The quantitative estimate of drug-likeness (QED) is 0.795. The average molecular weight is 309 g/mol. The lowest BCUT2D eigenvalue weighted by molar-refractivity contribution is -0.108. The largest absolute Gasteiger partial charge is 0.303 e. The van der Waals surface area contributed by atoms with Crippen LogP contribution in [0.5, 0.6) is 0 Å². The predicted octanol–water partition coefficient (Wildman–Crippen LogP) is 4.16. The van der Waals surface area contributed by atoms with Crippen molar-refractivity contribution in [2.24, 2.45) is 0 Å². The second-order valence-electron chi connectivity index (χ2n) is 3.99. The molecule has 0 radical (unpaired) electrons. The zero-order valence-corrected chi connectivity index (χ0v) is 12.3. The second-order valence-corrected chi connectivity index (χ2v) is 4.87. The zero-order chi connectivity index (χ0) is 14.8. The fraction of sp³-hybridized carbons (Fsp3) is 0.125. The highest BCUT2D eigenvalue weighted by atomic mass is 35.5. The van der Waals surface area contributed by atoms with E-state index in [2.05, 4.69) is 0 Å². The van der Waals surface area contributed by atoms with Gasteiger partial charge in [0.2, 0.25) is 0 Å². The Labute approximate surface area is 128 Å². The molecule has 0 bridgehead atoms. The first-order valence-electron chi connectivity index (χ1n) is 6.02. The van der Waals surface area contributed by atoms with Crippen LogP contribution in [0.1, 0.15) is 11.1 Å². The molecule has 0 saturated carbocycles. The summed E-state index contributed by atoms with van der Waals surface area (Å²) in [5, 5.41) is 1.41. The number of halogens is 2. The molecule has 0 N–H and O–H groups in total. The van der Waals surface area contributed by atoms with Crippen molar-refractivity contribution in [1.82, 2.24) is 0 Å². The number of hydrogen-bond donors (Lipinski definition) is 0. The molecule has 0 aromatic heterocycles. The number of carbonyl (C=O) groups is 2. The smallest absolute Gasteiger partial charge is 0.124 e. The van der Waals surface area contributed by atoms with E-state index in [-0.39, 0.29) is 0 Å². The molecule has 2 aromatic carbocycles. The monoisotopic (exact) mass is 308 g/mol. The molecule has 0 aliphatic rings. The Morgan fingerprint density at radius 1 is 0.650 bits per heavy atom. The van der Waals surface area contributed by atoms with Crippen LogP contribution in [0, 0.1) is 0 Å². The van der Waals surface area contributed by atoms with Gasteiger partial charge in [0.15, 0.2) is 0 Å². The standard InChI is InChI=1S/2C8H7ClO/c2*9-8-3-1-7(2-4-8)5-6-10/h2*1-4,6H,5H2. The second kappa shape index (κ2) is 9.29. The molecule has 0 spiro atoms. The summed E-state index contributed by atoms with van der Waals surface area (Å²) in [7, 11) is 0. The van der Waals surface area contributed by atoms with Crippen molar-refractivity contribution in [3.05, 3.63) is 69.7 Å². The van der Waals surface area contributed by atoms with Gasteiger partial charge in [0.05, 0.1) is 0 Å². The molecular weight excluding hydrogens is 295 g/mol. The predicted molar refractivity (Wildman–Crippen MR) is 82.4 cm³/mol. The van der Waals surface area contributed by atoms with Crippen molar-refractivity contribution in [1.29, 1.82) is 0 Å². The molecule has 0 unspecified atom stereocenters. The first-order chi connectivity index (χ1) is 9.65. The normalized spacial score (nSPS) is 9.30. The van der Waals surface area contributed by atoms with Crippen LogP contribution in [-0.4, -0.2) is 12.6 Å². The molecule has 2 nitrogen and oxygen atoms in total. The Balaban J connectivity index is 0.000000200. The van der Waals surface area contributed by atoms with E-state index in [1.165, 1.54) is 0 Å². The maximum absolute atomic E-state index is 10.0. The van der Waals surface area contributed by atoms with Crippen LogP contribution < -0.4 is 0 Å². The first-order valence-corrected chi connectivity index (χ1v) is 6.77. The van der Waals surface area contributed by atoms with Crippen molar-refractivity contribution in [3.63, 3.8) is 0 Å². The van der Waals surface area contributed by atoms with E-state index in [0.29, 0.717) is 22.9 Å². The first kappa shape index (κ1) is 16.4. The van der Waals surface area contributed by atoms with Gasteiger partial charge >= 0.3 is 0 Å². The molecular formula is C16H14Cl2O2. The zero-order valence-electron chi connectivity index (χ0n) is 10.8. The van der Waals surface area contributed by atoms with Crippen molar-refractivity contribution in [3.8, 4) is 0 Å². The summed E-state index contributed by atoms with van der Waals surface area (Å²) in [5.74, 6) is 0. The molecule has 4 heteroatoms. The Hall–Kier alpha value is -1.64. The van der Waals surface area contributed by atoms with Crippen LogP contribution in [0.3, 0.4) is 0 Å². The van der Waals surface area contributed by atoms with Crippen LogP contribution in [0.15, 0.2) is 48.5 Å². The van der Waals surface area contributed by atoms with Gasteiger partial charge < -0.3 is 9.59 Å². The van der Waals surface area contributed by atoms with Crippen LogP contribution in [0.2, 0.25) is 10.0 Å². The molecule has 2 rings (SSSR count). The third-order valence-corrected chi connectivity index (χ3v) is 2.97. The summed E-state index contributed by atoms with van der Waals surface area (Å²) >= 11 is 11.2. The van der Waals surface area contributed by atoms with E-state index in [4.69, 9.17) is 23.2 Å². The molecule has 0 atom stereocenters. The van der Waals surface area contributed by atoms with Crippen molar-refractivity contribution < 1.29 is 9.59 Å². The summed E-state index contributed by atoms with van der Waals surface area (Å²) in [6, 6.07) is 14.5. The topological polar surface area (TPSA) is 34.1 Å². The van der Waals surface area contributed by atoms with Crippen molar-refractivity contribution >= 4 is 35.8 Å². The van der Waals surface area contributed by atoms with Gasteiger partial charge in [-0.15, -0.1) is 0 Å². The lowest BCUT2D eigenvalue weighted by atomic mass is 10.2. The molecule has 2 aromatic rings. The van der Waals surface area contributed by atoms with E-state index in [0.717, 1.165) is 23.7 Å². The highest BCUT2D eigenvalue weighted by molar-refractivity contribution is 6.30. The third-order valence-electron chi connectivity index (χ3n) is 2.46. The minimum Gasteiger partial charge on any atom is -0.303 e.